The molecule has 4 rings (SSSR count). The predicted molar refractivity (Wildman–Crippen MR) is 99.7 cm³/mol. The van der Waals surface area contributed by atoms with E-state index in [0.717, 1.165) is 29.8 Å². The maximum absolute atomic E-state index is 3.00. The average Bonchev–Trinajstić information content (AvgIpc) is 2.78. The molecule has 0 aromatic rings. The number of nitrogens with zero attached hydrogens (tertiary/aromatic N) is 2. The summed E-state index contributed by atoms with van der Waals surface area (Å²) in [4.78, 5) is 5.61. The van der Waals surface area contributed by atoms with Crippen LogP contribution in [0.25, 0.3) is 0 Å². The van der Waals surface area contributed by atoms with Gasteiger partial charge in [0.05, 0.1) is 0 Å². The van der Waals surface area contributed by atoms with E-state index in [0.29, 0.717) is 0 Å². The van der Waals surface area contributed by atoms with Gasteiger partial charge >= 0.3 is 0 Å². The molecule has 3 heterocycles. The van der Waals surface area contributed by atoms with E-state index < -0.39 is 0 Å². The molecule has 2 atom stereocenters. The number of hydrogen-bond acceptors (Lipinski definition) is 2. The SMILES string of the molecule is C=C.CCN1CCC(CN2C3CCC2CC(C2CCC2)C3)CC1. The second-order valence-electron chi connectivity index (χ2n) is 8.38. The van der Waals surface area contributed by atoms with Crippen LogP contribution in [0.2, 0.25) is 0 Å². The van der Waals surface area contributed by atoms with Crippen LogP contribution in [0.3, 0.4) is 0 Å². The Kier molecular flexibility index (Phi) is 6.20. The minimum atomic E-state index is 0.971. The molecule has 2 bridgehead atoms. The molecule has 0 aromatic carbocycles. The number of rotatable bonds is 4. The van der Waals surface area contributed by atoms with Gasteiger partial charge in [-0.25, -0.2) is 0 Å². The molecule has 3 aliphatic heterocycles. The summed E-state index contributed by atoms with van der Waals surface area (Å²) >= 11 is 0. The Morgan fingerprint density at radius 2 is 1.43 bits per heavy atom. The van der Waals surface area contributed by atoms with E-state index in [1.165, 1.54) is 58.3 Å². The van der Waals surface area contributed by atoms with E-state index in [4.69, 9.17) is 0 Å². The summed E-state index contributed by atoms with van der Waals surface area (Å²) in [5.74, 6) is 3.23. The number of likely N-dealkylation sites (tertiary alicyclic amines) is 1. The minimum Gasteiger partial charge on any atom is -0.304 e. The van der Waals surface area contributed by atoms with Gasteiger partial charge in [0.15, 0.2) is 0 Å². The van der Waals surface area contributed by atoms with Gasteiger partial charge in [0.25, 0.3) is 0 Å². The van der Waals surface area contributed by atoms with Gasteiger partial charge in [-0.3, -0.25) is 4.90 Å². The van der Waals surface area contributed by atoms with Gasteiger partial charge in [0.2, 0.25) is 0 Å². The molecule has 0 spiro atoms. The Morgan fingerprint density at radius 3 is 1.91 bits per heavy atom. The fraction of sp³-hybridized carbons (Fsp3) is 0.905. The Morgan fingerprint density at radius 1 is 0.826 bits per heavy atom. The van der Waals surface area contributed by atoms with E-state index in [2.05, 4.69) is 29.9 Å². The third-order valence-corrected chi connectivity index (χ3v) is 7.36. The molecular formula is C21H38N2. The molecule has 4 aliphatic rings. The lowest BCUT2D eigenvalue weighted by atomic mass is 9.70. The van der Waals surface area contributed by atoms with E-state index in [1.54, 1.807) is 25.7 Å². The van der Waals surface area contributed by atoms with Gasteiger partial charge in [0, 0.05) is 18.6 Å². The van der Waals surface area contributed by atoms with Gasteiger partial charge in [-0.1, -0.05) is 26.2 Å². The fourth-order valence-corrected chi connectivity index (χ4v) is 5.69. The molecule has 0 N–H and O–H groups in total. The van der Waals surface area contributed by atoms with Crippen LogP contribution in [0.1, 0.15) is 64.7 Å². The molecule has 0 radical (unpaired) electrons. The Balaban J connectivity index is 0.000000753. The number of fused-ring (bicyclic) bond motifs is 2. The first-order chi connectivity index (χ1) is 11.3. The lowest BCUT2D eigenvalue weighted by Crippen LogP contribution is -2.48. The quantitative estimate of drug-likeness (QED) is 0.701. The monoisotopic (exact) mass is 318 g/mol. The molecule has 2 heteroatoms. The van der Waals surface area contributed by atoms with Crippen LogP contribution in [-0.4, -0.2) is 48.1 Å². The van der Waals surface area contributed by atoms with Crippen molar-refractivity contribution in [2.24, 2.45) is 17.8 Å². The van der Waals surface area contributed by atoms with E-state index in [9.17, 15) is 0 Å². The van der Waals surface area contributed by atoms with Gasteiger partial charge in [-0.05, 0) is 75.9 Å². The van der Waals surface area contributed by atoms with Crippen molar-refractivity contribution in [3.05, 3.63) is 13.2 Å². The van der Waals surface area contributed by atoms with Gasteiger partial charge < -0.3 is 4.90 Å². The van der Waals surface area contributed by atoms with Crippen LogP contribution in [0.5, 0.6) is 0 Å². The predicted octanol–water partition coefficient (Wildman–Crippen LogP) is 4.56. The third-order valence-electron chi connectivity index (χ3n) is 7.36. The first kappa shape index (κ1) is 17.5. The molecule has 0 aromatic heterocycles. The molecular weight excluding hydrogens is 280 g/mol. The zero-order valence-electron chi connectivity index (χ0n) is 15.4. The highest BCUT2D eigenvalue weighted by Crippen LogP contribution is 2.47. The van der Waals surface area contributed by atoms with Gasteiger partial charge in [0.1, 0.15) is 0 Å². The summed E-state index contributed by atoms with van der Waals surface area (Å²) in [6.07, 6.45) is 13.7. The molecule has 2 nitrogen and oxygen atoms in total. The smallest absolute Gasteiger partial charge is 0.0102 e. The largest absolute Gasteiger partial charge is 0.304 e. The highest BCUT2D eigenvalue weighted by atomic mass is 15.2. The summed E-state index contributed by atoms with van der Waals surface area (Å²) in [5.41, 5.74) is 0. The van der Waals surface area contributed by atoms with Crippen molar-refractivity contribution in [3.63, 3.8) is 0 Å². The zero-order valence-corrected chi connectivity index (χ0v) is 15.4. The van der Waals surface area contributed by atoms with Crippen molar-refractivity contribution in [3.8, 4) is 0 Å². The Bertz CT molecular complexity index is 343. The zero-order chi connectivity index (χ0) is 16.2. The molecule has 23 heavy (non-hydrogen) atoms. The highest BCUT2D eigenvalue weighted by Gasteiger charge is 2.44. The molecule has 3 saturated heterocycles. The van der Waals surface area contributed by atoms with Crippen molar-refractivity contribution >= 4 is 0 Å². The highest BCUT2D eigenvalue weighted by molar-refractivity contribution is 4.98. The van der Waals surface area contributed by atoms with Crippen LogP contribution in [0, 0.1) is 17.8 Å². The van der Waals surface area contributed by atoms with Crippen molar-refractivity contribution in [1.82, 2.24) is 9.80 Å². The van der Waals surface area contributed by atoms with Crippen LogP contribution in [-0.2, 0) is 0 Å². The fourth-order valence-electron chi connectivity index (χ4n) is 5.69. The van der Waals surface area contributed by atoms with Crippen molar-refractivity contribution < 1.29 is 0 Å². The number of hydrogen-bond donors (Lipinski definition) is 0. The van der Waals surface area contributed by atoms with Gasteiger partial charge in [-0.15, -0.1) is 13.2 Å². The Hall–Kier alpha value is -0.340. The summed E-state index contributed by atoms with van der Waals surface area (Å²) in [5, 5.41) is 0. The summed E-state index contributed by atoms with van der Waals surface area (Å²) in [6.45, 7) is 13.7. The maximum atomic E-state index is 3.00. The van der Waals surface area contributed by atoms with Crippen molar-refractivity contribution in [2.45, 2.75) is 76.8 Å². The van der Waals surface area contributed by atoms with Crippen molar-refractivity contribution in [1.29, 1.82) is 0 Å². The first-order valence-electron chi connectivity index (χ1n) is 10.3. The van der Waals surface area contributed by atoms with Crippen molar-refractivity contribution in [2.75, 3.05) is 26.2 Å². The molecule has 2 unspecified atom stereocenters. The molecule has 1 saturated carbocycles. The molecule has 1 aliphatic carbocycles. The second-order valence-corrected chi connectivity index (χ2v) is 8.38. The minimum absolute atomic E-state index is 0.971. The van der Waals surface area contributed by atoms with Crippen LogP contribution in [0.4, 0.5) is 0 Å². The molecule has 132 valence electrons. The lowest BCUT2D eigenvalue weighted by Gasteiger charge is -2.46. The standard InChI is InChI=1S/C19H34N2.C2H4/c1-2-20-10-8-15(9-11-20)14-21-18-6-7-19(21)13-17(12-18)16-4-3-5-16;1-2/h15-19H,2-14H2,1H3;1-2H2. The van der Waals surface area contributed by atoms with Gasteiger partial charge in [-0.2, -0.15) is 0 Å². The second kappa shape index (κ2) is 8.16. The van der Waals surface area contributed by atoms with Crippen LogP contribution in [0.15, 0.2) is 13.2 Å². The van der Waals surface area contributed by atoms with E-state index >= 15 is 0 Å². The van der Waals surface area contributed by atoms with E-state index in [1.807, 2.05) is 0 Å². The van der Waals surface area contributed by atoms with Crippen LogP contribution >= 0.6 is 0 Å². The summed E-state index contributed by atoms with van der Waals surface area (Å²) in [7, 11) is 0. The van der Waals surface area contributed by atoms with Crippen LogP contribution < -0.4 is 0 Å². The first-order valence-corrected chi connectivity index (χ1v) is 10.3. The maximum Gasteiger partial charge on any atom is 0.0102 e. The number of piperidine rings is 2. The topological polar surface area (TPSA) is 6.48 Å². The summed E-state index contributed by atoms with van der Waals surface area (Å²) in [6, 6.07) is 1.94. The summed E-state index contributed by atoms with van der Waals surface area (Å²) < 4.78 is 0. The van der Waals surface area contributed by atoms with E-state index in [-0.39, 0.29) is 0 Å². The molecule has 0 amide bonds. The third kappa shape index (κ3) is 3.85. The normalized spacial score (nSPS) is 36.3. The average molecular weight is 319 g/mol. The lowest BCUT2D eigenvalue weighted by molar-refractivity contribution is 0.0352. The molecule has 4 fully saturated rings. The Labute approximate surface area is 144 Å².